The predicted octanol–water partition coefficient (Wildman–Crippen LogP) is 2.03. The van der Waals surface area contributed by atoms with Crippen LogP contribution in [0, 0.1) is 5.82 Å². The molecule has 1 saturated heterocycles. The lowest BCUT2D eigenvalue weighted by Crippen LogP contribution is -2.39. The summed E-state index contributed by atoms with van der Waals surface area (Å²) < 4.78 is 45.6. The Bertz CT molecular complexity index is 728. The van der Waals surface area contributed by atoms with Crippen molar-refractivity contribution in [3.05, 3.63) is 35.6 Å². The van der Waals surface area contributed by atoms with E-state index in [1.807, 2.05) is 13.0 Å². The summed E-state index contributed by atoms with van der Waals surface area (Å²) in [5.74, 6) is 0.208. The summed E-state index contributed by atoms with van der Waals surface area (Å²) in [5, 5.41) is 6.22. The van der Waals surface area contributed by atoms with E-state index in [4.69, 9.17) is 4.74 Å². The van der Waals surface area contributed by atoms with Crippen molar-refractivity contribution in [3.63, 3.8) is 0 Å². The lowest BCUT2D eigenvalue weighted by atomic mass is 10.1. The molecule has 10 heteroatoms. The Morgan fingerprint density at radius 2 is 2.14 bits per heavy atom. The SMILES string of the molecule is CCNC(=NCCS(=O)(=O)NCC1CCCCO1)NCCc1cccc(F)c1.I. The summed E-state index contributed by atoms with van der Waals surface area (Å²) in [7, 11) is -3.39. The Hall–Kier alpha value is -0.980. The van der Waals surface area contributed by atoms with Gasteiger partial charge in [0.15, 0.2) is 5.96 Å². The zero-order valence-corrected chi connectivity index (χ0v) is 20.0. The van der Waals surface area contributed by atoms with Gasteiger partial charge < -0.3 is 15.4 Å². The van der Waals surface area contributed by atoms with Crippen molar-refractivity contribution < 1.29 is 17.5 Å². The highest BCUT2D eigenvalue weighted by atomic mass is 127. The highest BCUT2D eigenvalue weighted by molar-refractivity contribution is 14.0. The van der Waals surface area contributed by atoms with Gasteiger partial charge in [-0.15, -0.1) is 24.0 Å². The molecule has 0 aromatic heterocycles. The first-order valence-electron chi connectivity index (χ1n) is 9.84. The molecule has 3 N–H and O–H groups in total. The molecule has 2 rings (SSSR count). The summed E-state index contributed by atoms with van der Waals surface area (Å²) in [5.41, 5.74) is 0.889. The van der Waals surface area contributed by atoms with E-state index in [0.29, 0.717) is 38.6 Å². The topological polar surface area (TPSA) is 91.8 Å². The van der Waals surface area contributed by atoms with Crippen LogP contribution in [0.2, 0.25) is 0 Å². The molecule has 1 aromatic carbocycles. The molecular formula is C19H32FIN4O3S. The summed E-state index contributed by atoms with van der Waals surface area (Å²) in [6.07, 6.45) is 3.61. The lowest BCUT2D eigenvalue weighted by Gasteiger charge is -2.22. The fourth-order valence-corrected chi connectivity index (χ4v) is 3.81. The van der Waals surface area contributed by atoms with Crippen molar-refractivity contribution in [2.75, 3.05) is 38.5 Å². The highest BCUT2D eigenvalue weighted by Crippen LogP contribution is 2.11. The summed E-state index contributed by atoms with van der Waals surface area (Å²) in [4.78, 5) is 4.31. The number of nitrogens with zero attached hydrogens (tertiary/aromatic N) is 1. The van der Waals surface area contributed by atoms with Crippen LogP contribution < -0.4 is 15.4 Å². The number of benzene rings is 1. The summed E-state index contributed by atoms with van der Waals surface area (Å²) >= 11 is 0. The second kappa shape index (κ2) is 14.1. The number of halogens is 2. The van der Waals surface area contributed by atoms with Gasteiger partial charge in [0.2, 0.25) is 10.0 Å². The zero-order chi connectivity index (χ0) is 20.2. The number of sulfonamides is 1. The third-order valence-electron chi connectivity index (χ3n) is 4.37. The van der Waals surface area contributed by atoms with Crippen molar-refractivity contribution in [2.45, 2.75) is 38.7 Å². The molecule has 0 saturated carbocycles. The Kier molecular flexibility index (Phi) is 12.7. The molecule has 0 bridgehead atoms. The maximum Gasteiger partial charge on any atom is 0.213 e. The van der Waals surface area contributed by atoms with Gasteiger partial charge in [-0.2, -0.15) is 0 Å². The molecular weight excluding hydrogens is 510 g/mol. The number of guanidine groups is 1. The van der Waals surface area contributed by atoms with Gasteiger partial charge in [0.1, 0.15) is 5.82 Å². The van der Waals surface area contributed by atoms with E-state index in [2.05, 4.69) is 20.3 Å². The number of aliphatic imine (C=N–C) groups is 1. The van der Waals surface area contributed by atoms with Crippen molar-refractivity contribution in [1.82, 2.24) is 15.4 Å². The van der Waals surface area contributed by atoms with Crippen LogP contribution in [0.4, 0.5) is 4.39 Å². The average Bonchev–Trinajstić information content (AvgIpc) is 2.67. The molecule has 0 spiro atoms. The van der Waals surface area contributed by atoms with Gasteiger partial charge in [-0.3, -0.25) is 4.99 Å². The maximum absolute atomic E-state index is 13.2. The Morgan fingerprint density at radius 3 is 2.83 bits per heavy atom. The van der Waals surface area contributed by atoms with Crippen LogP contribution in [-0.4, -0.2) is 59.0 Å². The third-order valence-corrected chi connectivity index (χ3v) is 5.70. The molecule has 0 radical (unpaired) electrons. The first kappa shape index (κ1) is 26.1. The monoisotopic (exact) mass is 542 g/mol. The third kappa shape index (κ3) is 11.1. The fourth-order valence-electron chi connectivity index (χ4n) is 2.90. The van der Waals surface area contributed by atoms with Crippen LogP contribution in [0.1, 0.15) is 31.7 Å². The molecule has 1 aliphatic rings. The molecule has 1 heterocycles. The molecule has 29 heavy (non-hydrogen) atoms. The number of rotatable bonds is 10. The van der Waals surface area contributed by atoms with Crippen LogP contribution >= 0.6 is 24.0 Å². The number of hydrogen-bond acceptors (Lipinski definition) is 4. The van der Waals surface area contributed by atoms with Crippen LogP contribution in [0.15, 0.2) is 29.3 Å². The summed E-state index contributed by atoms with van der Waals surface area (Å²) in [6.45, 7) is 4.33. The maximum atomic E-state index is 13.2. The number of ether oxygens (including phenoxy) is 1. The minimum atomic E-state index is -3.39. The highest BCUT2D eigenvalue weighted by Gasteiger charge is 2.17. The van der Waals surface area contributed by atoms with Crippen LogP contribution in [0.25, 0.3) is 0 Å². The van der Waals surface area contributed by atoms with E-state index in [9.17, 15) is 12.8 Å². The molecule has 1 unspecified atom stereocenters. The largest absolute Gasteiger partial charge is 0.377 e. The Labute approximate surface area is 190 Å². The van der Waals surface area contributed by atoms with Gasteiger partial charge in [-0.25, -0.2) is 17.5 Å². The standard InChI is InChI=1S/C19H31FN4O3S.HI/c1-2-21-19(22-10-9-16-6-5-7-17(20)14-16)23-11-13-28(25,26)24-15-18-8-3-4-12-27-18;/h5-7,14,18,24H,2-4,8-13,15H2,1H3,(H2,21,22,23);1H. The van der Waals surface area contributed by atoms with Gasteiger partial charge in [0.25, 0.3) is 0 Å². The molecule has 0 aliphatic carbocycles. The minimum absolute atomic E-state index is 0. The first-order valence-corrected chi connectivity index (χ1v) is 11.5. The predicted molar refractivity (Wildman–Crippen MR) is 125 cm³/mol. The second-order valence-corrected chi connectivity index (χ2v) is 8.65. The quantitative estimate of drug-likeness (QED) is 0.239. The van der Waals surface area contributed by atoms with Crippen molar-refractivity contribution in [2.24, 2.45) is 4.99 Å². The van der Waals surface area contributed by atoms with Gasteiger partial charge >= 0.3 is 0 Å². The Morgan fingerprint density at radius 1 is 1.31 bits per heavy atom. The normalized spacial score (nSPS) is 17.4. The van der Waals surface area contributed by atoms with Crippen molar-refractivity contribution in [3.8, 4) is 0 Å². The molecule has 7 nitrogen and oxygen atoms in total. The second-order valence-electron chi connectivity index (χ2n) is 6.72. The minimum Gasteiger partial charge on any atom is -0.377 e. The van der Waals surface area contributed by atoms with Gasteiger partial charge in [0.05, 0.1) is 18.4 Å². The average molecular weight is 542 g/mol. The van der Waals surface area contributed by atoms with E-state index in [0.717, 1.165) is 24.8 Å². The van der Waals surface area contributed by atoms with E-state index in [-0.39, 0.29) is 48.2 Å². The molecule has 0 amide bonds. The first-order chi connectivity index (χ1) is 13.5. The van der Waals surface area contributed by atoms with E-state index < -0.39 is 10.0 Å². The van der Waals surface area contributed by atoms with Gasteiger partial charge in [0, 0.05) is 26.2 Å². The van der Waals surface area contributed by atoms with Crippen molar-refractivity contribution >= 4 is 40.0 Å². The summed E-state index contributed by atoms with van der Waals surface area (Å²) in [6, 6.07) is 6.46. The Balaban J connectivity index is 0.00000420. The fraction of sp³-hybridized carbons (Fsp3) is 0.632. The van der Waals surface area contributed by atoms with Crippen molar-refractivity contribution in [1.29, 1.82) is 0 Å². The van der Waals surface area contributed by atoms with Crippen LogP contribution in [-0.2, 0) is 21.2 Å². The van der Waals surface area contributed by atoms with Crippen LogP contribution in [0.3, 0.4) is 0 Å². The van der Waals surface area contributed by atoms with Gasteiger partial charge in [-0.05, 0) is 50.3 Å². The molecule has 1 atom stereocenters. The van der Waals surface area contributed by atoms with Crippen LogP contribution in [0.5, 0.6) is 0 Å². The number of hydrogen-bond donors (Lipinski definition) is 3. The molecule has 1 aliphatic heterocycles. The van der Waals surface area contributed by atoms with E-state index in [1.165, 1.54) is 12.1 Å². The smallest absolute Gasteiger partial charge is 0.213 e. The molecule has 166 valence electrons. The molecule has 1 fully saturated rings. The molecule has 1 aromatic rings. The van der Waals surface area contributed by atoms with E-state index >= 15 is 0 Å². The van der Waals surface area contributed by atoms with Gasteiger partial charge in [-0.1, -0.05) is 12.1 Å². The number of nitrogens with one attached hydrogen (secondary N) is 3. The lowest BCUT2D eigenvalue weighted by molar-refractivity contribution is 0.0200. The zero-order valence-electron chi connectivity index (χ0n) is 16.8. The van der Waals surface area contributed by atoms with E-state index in [1.54, 1.807) is 6.07 Å².